The first-order chi connectivity index (χ1) is 14.7. The number of hydrogen-bond donors (Lipinski definition) is 0. The SMILES string of the molecule is C=CCCCCC[C@H](CC(=O)OC(C)(C)C)C(=O)N1C(=O)OC[C@@H]1Cc1ccccc1. The van der Waals surface area contributed by atoms with Crippen LogP contribution in [0.5, 0.6) is 0 Å². The van der Waals surface area contributed by atoms with E-state index in [1.807, 2.05) is 36.4 Å². The van der Waals surface area contributed by atoms with Gasteiger partial charge in [0.25, 0.3) is 0 Å². The van der Waals surface area contributed by atoms with Crippen LogP contribution in [0.1, 0.15) is 64.9 Å². The van der Waals surface area contributed by atoms with Gasteiger partial charge < -0.3 is 9.47 Å². The lowest BCUT2D eigenvalue weighted by atomic mass is 9.94. The number of carbonyl (C=O) groups excluding carboxylic acids is 3. The van der Waals surface area contributed by atoms with Crippen LogP contribution in [0.3, 0.4) is 0 Å². The van der Waals surface area contributed by atoms with Crippen molar-refractivity contribution in [3.8, 4) is 0 Å². The van der Waals surface area contributed by atoms with Crippen LogP contribution in [0.4, 0.5) is 4.79 Å². The highest BCUT2D eigenvalue weighted by atomic mass is 16.6. The number of esters is 1. The summed E-state index contributed by atoms with van der Waals surface area (Å²) in [6.45, 7) is 9.28. The second-order valence-corrected chi connectivity index (χ2v) is 9.04. The minimum atomic E-state index is -0.633. The second kappa shape index (κ2) is 11.7. The smallest absolute Gasteiger partial charge is 0.416 e. The molecule has 0 saturated carbocycles. The van der Waals surface area contributed by atoms with Crippen LogP contribution in [0.2, 0.25) is 0 Å². The molecule has 0 radical (unpaired) electrons. The molecule has 1 saturated heterocycles. The predicted octanol–water partition coefficient (Wildman–Crippen LogP) is 5.06. The summed E-state index contributed by atoms with van der Waals surface area (Å²) in [5, 5.41) is 0. The van der Waals surface area contributed by atoms with Gasteiger partial charge in [0, 0.05) is 5.92 Å². The number of benzene rings is 1. The Morgan fingerprint density at radius 3 is 2.58 bits per heavy atom. The summed E-state index contributed by atoms with van der Waals surface area (Å²) in [5.74, 6) is -1.38. The van der Waals surface area contributed by atoms with E-state index < -0.39 is 23.6 Å². The molecule has 1 aromatic carbocycles. The minimum absolute atomic E-state index is 0.0423. The van der Waals surface area contributed by atoms with Gasteiger partial charge >= 0.3 is 12.1 Å². The molecule has 0 N–H and O–H groups in total. The highest BCUT2D eigenvalue weighted by Gasteiger charge is 2.41. The van der Waals surface area contributed by atoms with E-state index in [1.54, 1.807) is 20.8 Å². The molecule has 2 amide bonds. The standard InChI is InChI=1S/C25H35NO5/c1-5-6-7-8-12-15-20(17-22(27)31-25(2,3)4)23(28)26-21(18-30-24(26)29)16-19-13-10-9-11-14-19/h5,9-11,13-14,20-21H,1,6-8,12,15-18H2,2-4H3/t20-,21+/m1/s1. The van der Waals surface area contributed by atoms with E-state index in [9.17, 15) is 14.4 Å². The molecule has 0 unspecified atom stereocenters. The predicted molar refractivity (Wildman–Crippen MR) is 119 cm³/mol. The Balaban J connectivity index is 2.10. The van der Waals surface area contributed by atoms with E-state index in [0.717, 1.165) is 31.2 Å². The van der Waals surface area contributed by atoms with E-state index >= 15 is 0 Å². The average Bonchev–Trinajstić information content (AvgIpc) is 3.05. The molecule has 0 bridgehead atoms. The number of rotatable bonds is 11. The lowest BCUT2D eigenvalue weighted by Gasteiger charge is -2.26. The number of nitrogens with zero attached hydrogens (tertiary/aromatic N) is 1. The molecule has 31 heavy (non-hydrogen) atoms. The molecule has 6 heteroatoms. The Hall–Kier alpha value is -2.63. The number of cyclic esters (lactones) is 1. The van der Waals surface area contributed by atoms with Crippen molar-refractivity contribution in [1.29, 1.82) is 0 Å². The molecule has 2 atom stereocenters. The van der Waals surface area contributed by atoms with Gasteiger partial charge in [-0.15, -0.1) is 6.58 Å². The molecule has 6 nitrogen and oxygen atoms in total. The van der Waals surface area contributed by atoms with Crippen molar-refractivity contribution < 1.29 is 23.9 Å². The number of hydrogen-bond acceptors (Lipinski definition) is 5. The third-order valence-electron chi connectivity index (χ3n) is 5.16. The van der Waals surface area contributed by atoms with Crippen molar-refractivity contribution in [3.63, 3.8) is 0 Å². The highest BCUT2D eigenvalue weighted by molar-refractivity contribution is 5.96. The van der Waals surface area contributed by atoms with Crippen molar-refractivity contribution in [2.24, 2.45) is 5.92 Å². The second-order valence-electron chi connectivity index (χ2n) is 9.04. The fourth-order valence-electron chi connectivity index (χ4n) is 3.72. The Labute approximate surface area is 185 Å². The summed E-state index contributed by atoms with van der Waals surface area (Å²) in [6, 6.07) is 9.32. The van der Waals surface area contributed by atoms with Gasteiger partial charge in [-0.25, -0.2) is 9.69 Å². The quantitative estimate of drug-likeness (QED) is 0.279. The molecule has 2 rings (SSSR count). The lowest BCUT2D eigenvalue weighted by molar-refractivity contribution is -0.158. The Bertz CT molecular complexity index is 753. The van der Waals surface area contributed by atoms with Gasteiger partial charge in [0.05, 0.1) is 12.5 Å². The number of amides is 2. The summed E-state index contributed by atoms with van der Waals surface area (Å²) >= 11 is 0. The Kier molecular flexibility index (Phi) is 9.28. The zero-order valence-electron chi connectivity index (χ0n) is 19.0. The average molecular weight is 430 g/mol. The first kappa shape index (κ1) is 24.6. The summed E-state index contributed by atoms with van der Waals surface area (Å²) < 4.78 is 10.6. The van der Waals surface area contributed by atoms with Crippen LogP contribution in [0.25, 0.3) is 0 Å². The number of carbonyl (C=O) groups is 3. The Morgan fingerprint density at radius 1 is 1.23 bits per heavy atom. The van der Waals surface area contributed by atoms with Gasteiger partial charge in [-0.2, -0.15) is 0 Å². The molecule has 1 fully saturated rings. The molecule has 1 heterocycles. The van der Waals surface area contributed by atoms with E-state index in [-0.39, 0.29) is 25.0 Å². The largest absolute Gasteiger partial charge is 0.460 e. The number of ether oxygens (including phenoxy) is 2. The van der Waals surface area contributed by atoms with Gasteiger partial charge in [0.15, 0.2) is 0 Å². The maximum absolute atomic E-state index is 13.4. The van der Waals surface area contributed by atoms with Crippen molar-refractivity contribution in [1.82, 2.24) is 4.90 Å². The molecular weight excluding hydrogens is 394 g/mol. The first-order valence-corrected chi connectivity index (χ1v) is 11.1. The topological polar surface area (TPSA) is 72.9 Å². The number of unbranched alkanes of at least 4 members (excludes halogenated alkanes) is 3. The van der Waals surface area contributed by atoms with E-state index in [0.29, 0.717) is 12.8 Å². The zero-order valence-corrected chi connectivity index (χ0v) is 19.0. The van der Waals surface area contributed by atoms with Crippen molar-refractivity contribution in [2.75, 3.05) is 6.61 Å². The maximum atomic E-state index is 13.4. The summed E-state index contributed by atoms with van der Waals surface area (Å²) in [6.07, 6.45) is 5.88. The normalized spacial score (nSPS) is 17.2. The van der Waals surface area contributed by atoms with Gasteiger partial charge in [0.2, 0.25) is 5.91 Å². The fourth-order valence-corrected chi connectivity index (χ4v) is 3.72. The summed E-state index contributed by atoms with van der Waals surface area (Å²) in [4.78, 5) is 39.5. The zero-order chi connectivity index (χ0) is 22.9. The number of allylic oxidation sites excluding steroid dienone is 1. The number of imide groups is 1. The van der Waals surface area contributed by atoms with Gasteiger partial charge in [0.1, 0.15) is 12.2 Å². The maximum Gasteiger partial charge on any atom is 0.416 e. The molecule has 0 aromatic heterocycles. The van der Waals surface area contributed by atoms with E-state index in [4.69, 9.17) is 9.47 Å². The minimum Gasteiger partial charge on any atom is -0.460 e. The van der Waals surface area contributed by atoms with Crippen molar-refractivity contribution in [3.05, 3.63) is 48.6 Å². The molecular formula is C25H35NO5. The highest BCUT2D eigenvalue weighted by Crippen LogP contribution is 2.25. The molecule has 0 aliphatic carbocycles. The van der Waals surface area contributed by atoms with Gasteiger partial charge in [-0.1, -0.05) is 49.2 Å². The molecule has 0 spiro atoms. The van der Waals surface area contributed by atoms with Crippen molar-refractivity contribution in [2.45, 2.75) is 77.4 Å². The van der Waals surface area contributed by atoms with Crippen LogP contribution in [0, 0.1) is 5.92 Å². The van der Waals surface area contributed by atoms with Crippen LogP contribution in [0.15, 0.2) is 43.0 Å². The van der Waals surface area contributed by atoms with Crippen molar-refractivity contribution >= 4 is 18.0 Å². The van der Waals surface area contributed by atoms with Crippen LogP contribution in [-0.4, -0.2) is 41.1 Å². The van der Waals surface area contributed by atoms with Gasteiger partial charge in [-0.05, 0) is 52.0 Å². The molecule has 170 valence electrons. The summed E-state index contributed by atoms with van der Waals surface area (Å²) in [7, 11) is 0. The van der Waals surface area contributed by atoms with Gasteiger partial charge in [-0.3, -0.25) is 9.59 Å². The van der Waals surface area contributed by atoms with E-state index in [2.05, 4.69) is 6.58 Å². The monoisotopic (exact) mass is 429 g/mol. The van der Waals surface area contributed by atoms with Crippen LogP contribution >= 0.6 is 0 Å². The first-order valence-electron chi connectivity index (χ1n) is 11.1. The van der Waals surface area contributed by atoms with Crippen LogP contribution < -0.4 is 0 Å². The molecule has 1 aliphatic heterocycles. The lowest BCUT2D eigenvalue weighted by Crippen LogP contribution is -2.44. The van der Waals surface area contributed by atoms with Crippen LogP contribution in [-0.2, 0) is 25.5 Å². The molecule has 1 aromatic rings. The third kappa shape index (κ3) is 8.19. The van der Waals surface area contributed by atoms with E-state index in [1.165, 1.54) is 4.90 Å². The molecule has 1 aliphatic rings. The summed E-state index contributed by atoms with van der Waals surface area (Å²) in [5.41, 5.74) is 0.397. The Morgan fingerprint density at radius 2 is 1.94 bits per heavy atom. The third-order valence-corrected chi connectivity index (χ3v) is 5.16. The fraction of sp³-hybridized carbons (Fsp3) is 0.560.